The van der Waals surface area contributed by atoms with Crippen LogP contribution in [0.25, 0.3) is 29.3 Å². The summed E-state index contributed by atoms with van der Waals surface area (Å²) in [4.78, 5) is 7.71. The molecule has 0 saturated heterocycles. The van der Waals surface area contributed by atoms with Crippen LogP contribution in [0.1, 0.15) is 32.0 Å². The van der Waals surface area contributed by atoms with Crippen molar-refractivity contribution >= 4 is 45.3 Å². The number of aryl methyl sites for hydroxylation is 4. The highest BCUT2D eigenvalue weighted by atomic mass is 32.1. The highest BCUT2D eigenvalue weighted by molar-refractivity contribution is 7.28. The van der Waals surface area contributed by atoms with Gasteiger partial charge in [0, 0.05) is 30.6 Å². The van der Waals surface area contributed by atoms with Crippen molar-refractivity contribution in [2.24, 2.45) is 0 Å². The van der Waals surface area contributed by atoms with Gasteiger partial charge >= 0.3 is 0 Å². The fourth-order valence-corrected chi connectivity index (χ4v) is 8.19. The lowest BCUT2D eigenvalue weighted by Crippen LogP contribution is -1.78. The SMILES string of the molecule is Cc1cc(-c2sc(-c3sc(-c4sc(C)c(F)c4C)cc3C)c(F)c2C)sc1C. The molecular weight excluding hydrogens is 431 g/mol. The summed E-state index contributed by atoms with van der Waals surface area (Å²) in [6.45, 7) is 11.7. The highest BCUT2D eigenvalue weighted by Gasteiger charge is 2.23. The molecule has 0 N–H and O–H groups in total. The predicted octanol–water partition coefficient (Wildman–Crippen LogP) is 9.06. The topological polar surface area (TPSA) is 0 Å². The van der Waals surface area contributed by atoms with Gasteiger partial charge in [0.15, 0.2) is 0 Å². The lowest BCUT2D eigenvalue weighted by Gasteiger charge is -1.96. The molecule has 4 aromatic heterocycles. The highest BCUT2D eigenvalue weighted by Crippen LogP contribution is 2.49. The van der Waals surface area contributed by atoms with Gasteiger partial charge in [-0.05, 0) is 64.8 Å². The number of hydrogen-bond acceptors (Lipinski definition) is 4. The average molecular weight is 451 g/mol. The summed E-state index contributed by atoms with van der Waals surface area (Å²) in [5.74, 6) is -0.262. The minimum absolute atomic E-state index is 0.128. The lowest BCUT2D eigenvalue weighted by molar-refractivity contribution is 0.617. The summed E-state index contributed by atoms with van der Waals surface area (Å²) in [5.41, 5.74) is 3.68. The van der Waals surface area contributed by atoms with Crippen molar-refractivity contribution in [1.82, 2.24) is 0 Å². The van der Waals surface area contributed by atoms with E-state index in [1.165, 1.54) is 33.1 Å². The minimum Gasteiger partial charge on any atom is -0.205 e. The quantitative estimate of drug-likeness (QED) is 0.292. The molecule has 0 spiro atoms. The van der Waals surface area contributed by atoms with Crippen LogP contribution in [0.3, 0.4) is 0 Å². The number of thiophene rings is 4. The van der Waals surface area contributed by atoms with Crippen LogP contribution in [0.2, 0.25) is 0 Å². The van der Waals surface area contributed by atoms with E-state index in [0.29, 0.717) is 20.9 Å². The molecule has 0 bridgehead atoms. The second-order valence-electron chi connectivity index (χ2n) is 7.10. The third kappa shape index (κ3) is 3.11. The van der Waals surface area contributed by atoms with Crippen LogP contribution >= 0.6 is 45.3 Å². The molecule has 4 heterocycles. The fourth-order valence-electron chi connectivity index (χ4n) is 3.25. The smallest absolute Gasteiger partial charge is 0.146 e. The molecule has 0 unspecified atom stereocenters. The fraction of sp³-hybridized carbons (Fsp3) is 0.273. The number of halogens is 2. The first kappa shape index (κ1) is 20.0. The summed E-state index contributed by atoms with van der Waals surface area (Å²) in [6, 6.07) is 4.21. The van der Waals surface area contributed by atoms with E-state index in [0.717, 1.165) is 29.9 Å². The molecule has 4 rings (SSSR count). The normalized spacial score (nSPS) is 11.6. The zero-order valence-corrected chi connectivity index (χ0v) is 19.8. The molecule has 146 valence electrons. The Bertz CT molecular complexity index is 1180. The van der Waals surface area contributed by atoms with Crippen molar-refractivity contribution in [2.45, 2.75) is 41.5 Å². The average Bonchev–Trinajstić information content (AvgIpc) is 3.34. The largest absolute Gasteiger partial charge is 0.205 e. The molecule has 0 radical (unpaired) electrons. The van der Waals surface area contributed by atoms with Gasteiger partial charge in [0.2, 0.25) is 0 Å². The monoisotopic (exact) mass is 450 g/mol. The molecular formula is C22H20F2S4. The first-order valence-electron chi connectivity index (χ1n) is 8.92. The molecule has 0 saturated carbocycles. The number of hydrogen-bond donors (Lipinski definition) is 0. The van der Waals surface area contributed by atoms with E-state index in [-0.39, 0.29) is 11.6 Å². The van der Waals surface area contributed by atoms with Crippen LogP contribution in [0.15, 0.2) is 12.1 Å². The molecule has 0 aliphatic heterocycles. The molecule has 0 fully saturated rings. The maximum absolute atomic E-state index is 15.2. The Morgan fingerprint density at radius 2 is 1.11 bits per heavy atom. The van der Waals surface area contributed by atoms with Crippen molar-refractivity contribution in [3.8, 4) is 29.3 Å². The molecule has 6 heteroatoms. The summed E-state index contributed by atoms with van der Waals surface area (Å²) < 4.78 is 29.4. The van der Waals surface area contributed by atoms with E-state index < -0.39 is 0 Å². The Labute approximate surface area is 180 Å². The molecule has 0 atom stereocenters. The van der Waals surface area contributed by atoms with Gasteiger partial charge in [-0.25, -0.2) is 8.78 Å². The van der Waals surface area contributed by atoms with E-state index in [2.05, 4.69) is 26.0 Å². The van der Waals surface area contributed by atoms with Gasteiger partial charge in [0.1, 0.15) is 11.6 Å². The summed E-state index contributed by atoms with van der Waals surface area (Å²) in [5, 5.41) is 0. The Morgan fingerprint density at radius 1 is 0.536 bits per heavy atom. The minimum atomic E-state index is -0.134. The summed E-state index contributed by atoms with van der Waals surface area (Å²) in [7, 11) is 0. The van der Waals surface area contributed by atoms with Gasteiger partial charge in [-0.3, -0.25) is 0 Å². The van der Waals surface area contributed by atoms with E-state index in [1.54, 1.807) is 29.6 Å². The first-order valence-corrected chi connectivity index (χ1v) is 12.2. The van der Waals surface area contributed by atoms with Crippen LogP contribution in [-0.2, 0) is 0 Å². The zero-order valence-electron chi connectivity index (χ0n) is 16.5. The standard InChI is InChI=1S/C22H20F2S4/c1-9-7-15(25-13(9)5)21-12(4)18(24)22(28-21)19-10(2)8-16(27-19)20-11(3)17(23)14(6)26-20/h7-8H,1-6H3. The van der Waals surface area contributed by atoms with Crippen LogP contribution < -0.4 is 0 Å². The molecule has 0 amide bonds. The van der Waals surface area contributed by atoms with Gasteiger partial charge in [-0.2, -0.15) is 0 Å². The van der Waals surface area contributed by atoms with Crippen molar-refractivity contribution in [3.63, 3.8) is 0 Å². The summed E-state index contributed by atoms with van der Waals surface area (Å²) in [6.07, 6.45) is 0. The van der Waals surface area contributed by atoms with Crippen LogP contribution in [0.5, 0.6) is 0 Å². The van der Waals surface area contributed by atoms with Crippen LogP contribution in [-0.4, -0.2) is 0 Å². The second kappa shape index (κ2) is 7.17. The van der Waals surface area contributed by atoms with Gasteiger partial charge in [-0.1, -0.05) is 0 Å². The van der Waals surface area contributed by atoms with Gasteiger partial charge in [-0.15, -0.1) is 45.3 Å². The van der Waals surface area contributed by atoms with Crippen LogP contribution in [0, 0.1) is 53.2 Å². The van der Waals surface area contributed by atoms with Crippen molar-refractivity contribution in [2.75, 3.05) is 0 Å². The van der Waals surface area contributed by atoms with E-state index in [9.17, 15) is 4.39 Å². The van der Waals surface area contributed by atoms with Gasteiger partial charge in [0.05, 0.1) is 19.5 Å². The van der Waals surface area contributed by atoms with Crippen molar-refractivity contribution in [1.29, 1.82) is 0 Å². The Hall–Kier alpha value is -1.34. The second-order valence-corrected chi connectivity index (χ2v) is 11.7. The van der Waals surface area contributed by atoms with E-state index in [1.807, 2.05) is 20.8 Å². The molecule has 4 aromatic rings. The van der Waals surface area contributed by atoms with E-state index in [4.69, 9.17) is 0 Å². The number of rotatable bonds is 3. The lowest BCUT2D eigenvalue weighted by atomic mass is 10.1. The molecule has 0 aromatic carbocycles. The molecule has 28 heavy (non-hydrogen) atoms. The first-order chi connectivity index (χ1) is 13.2. The third-order valence-electron chi connectivity index (χ3n) is 5.04. The Balaban J connectivity index is 1.83. The Kier molecular flexibility index (Phi) is 5.11. The Morgan fingerprint density at radius 3 is 1.68 bits per heavy atom. The van der Waals surface area contributed by atoms with Crippen molar-refractivity contribution < 1.29 is 8.78 Å². The van der Waals surface area contributed by atoms with E-state index >= 15 is 4.39 Å². The molecule has 0 aliphatic carbocycles. The third-order valence-corrected chi connectivity index (χ3v) is 10.4. The summed E-state index contributed by atoms with van der Waals surface area (Å²) >= 11 is 6.27. The zero-order chi connectivity index (χ0) is 20.3. The maximum atomic E-state index is 15.2. The van der Waals surface area contributed by atoms with Crippen LogP contribution in [0.4, 0.5) is 8.78 Å². The maximum Gasteiger partial charge on any atom is 0.146 e. The molecule has 0 aliphatic rings. The van der Waals surface area contributed by atoms with Gasteiger partial charge < -0.3 is 0 Å². The molecule has 0 nitrogen and oxygen atoms in total. The van der Waals surface area contributed by atoms with Gasteiger partial charge in [0.25, 0.3) is 0 Å². The predicted molar refractivity (Wildman–Crippen MR) is 123 cm³/mol. The van der Waals surface area contributed by atoms with Crippen molar-refractivity contribution in [3.05, 3.63) is 55.8 Å².